The van der Waals surface area contributed by atoms with E-state index in [0.29, 0.717) is 11.3 Å². The van der Waals surface area contributed by atoms with E-state index < -0.39 is 0 Å². The zero-order chi connectivity index (χ0) is 13.6. The maximum atomic E-state index is 2.50. The molecule has 0 amide bonds. The Bertz CT molecular complexity index is 527. The lowest BCUT2D eigenvalue weighted by atomic mass is 9.68. The maximum absolute atomic E-state index is 2.50. The summed E-state index contributed by atoms with van der Waals surface area (Å²) >= 11 is 0. The molecule has 0 N–H and O–H groups in total. The second kappa shape index (κ2) is 4.51. The van der Waals surface area contributed by atoms with E-state index in [-0.39, 0.29) is 0 Å². The van der Waals surface area contributed by atoms with Gasteiger partial charge in [0.25, 0.3) is 0 Å². The minimum Gasteiger partial charge on any atom is -0.0655 e. The normalized spacial score (nSPS) is 25.1. The van der Waals surface area contributed by atoms with Gasteiger partial charge in [-0.05, 0) is 54.4 Å². The van der Waals surface area contributed by atoms with Crippen molar-refractivity contribution in [3.8, 4) is 0 Å². The second-order valence-corrected chi connectivity index (χ2v) is 6.99. The Morgan fingerprint density at radius 3 is 2.42 bits per heavy atom. The maximum Gasteiger partial charge on any atom is 0.00293 e. The van der Waals surface area contributed by atoms with E-state index in [9.17, 15) is 0 Å². The van der Waals surface area contributed by atoms with Gasteiger partial charge < -0.3 is 0 Å². The van der Waals surface area contributed by atoms with Crippen molar-refractivity contribution in [1.82, 2.24) is 0 Å². The summed E-state index contributed by atoms with van der Waals surface area (Å²) in [6, 6.07) is 4.78. The molecule has 19 heavy (non-hydrogen) atoms. The molecule has 102 valence electrons. The molecule has 1 aromatic rings. The van der Waals surface area contributed by atoms with Gasteiger partial charge in [0.2, 0.25) is 0 Å². The summed E-state index contributed by atoms with van der Waals surface area (Å²) in [5.41, 5.74) is 8.21. The second-order valence-electron chi connectivity index (χ2n) is 6.99. The van der Waals surface area contributed by atoms with Gasteiger partial charge in [0.1, 0.15) is 0 Å². The van der Waals surface area contributed by atoms with Crippen molar-refractivity contribution in [3.05, 3.63) is 40.0 Å². The lowest BCUT2D eigenvalue weighted by Crippen LogP contribution is -2.27. The summed E-state index contributed by atoms with van der Waals surface area (Å²) in [5, 5.41) is 0. The van der Waals surface area contributed by atoms with Crippen LogP contribution in [0.25, 0.3) is 6.08 Å². The number of aryl methyl sites for hydroxylation is 1. The van der Waals surface area contributed by atoms with Crippen molar-refractivity contribution < 1.29 is 0 Å². The number of allylic oxidation sites excluding steroid dienone is 1. The molecule has 2 aliphatic rings. The SMILES string of the molecule is CC1=Cc2c(C)ccc(C3(C)CCCCC3)c2C1C. The van der Waals surface area contributed by atoms with Crippen LogP contribution in [0.2, 0.25) is 0 Å². The van der Waals surface area contributed by atoms with E-state index >= 15 is 0 Å². The first-order valence-electron chi connectivity index (χ1n) is 7.85. The molecule has 1 saturated carbocycles. The zero-order valence-corrected chi connectivity index (χ0v) is 12.8. The number of hydrogen-bond donors (Lipinski definition) is 0. The fraction of sp³-hybridized carbons (Fsp3) is 0.579. The first kappa shape index (κ1) is 13.0. The van der Waals surface area contributed by atoms with Crippen molar-refractivity contribution in [1.29, 1.82) is 0 Å². The van der Waals surface area contributed by atoms with Crippen LogP contribution in [-0.2, 0) is 5.41 Å². The highest BCUT2D eigenvalue weighted by atomic mass is 14.4. The van der Waals surface area contributed by atoms with Crippen molar-refractivity contribution in [2.24, 2.45) is 0 Å². The molecule has 1 aromatic carbocycles. The van der Waals surface area contributed by atoms with Crippen molar-refractivity contribution >= 4 is 6.08 Å². The Morgan fingerprint density at radius 1 is 1.05 bits per heavy atom. The van der Waals surface area contributed by atoms with Crippen LogP contribution in [0.5, 0.6) is 0 Å². The summed E-state index contributed by atoms with van der Waals surface area (Å²) in [5.74, 6) is 0.614. The average Bonchev–Trinajstić information content (AvgIpc) is 2.69. The van der Waals surface area contributed by atoms with E-state index in [0.717, 1.165) is 0 Å². The molecule has 1 unspecified atom stereocenters. The highest BCUT2D eigenvalue weighted by Gasteiger charge is 2.34. The van der Waals surface area contributed by atoms with Crippen LogP contribution in [-0.4, -0.2) is 0 Å². The molecular weight excluding hydrogens is 228 g/mol. The number of rotatable bonds is 1. The van der Waals surface area contributed by atoms with Crippen LogP contribution in [0.4, 0.5) is 0 Å². The molecule has 0 heteroatoms. The molecule has 0 nitrogen and oxygen atoms in total. The van der Waals surface area contributed by atoms with Crippen LogP contribution < -0.4 is 0 Å². The predicted molar refractivity (Wildman–Crippen MR) is 83.7 cm³/mol. The van der Waals surface area contributed by atoms with Gasteiger partial charge in [0.05, 0.1) is 0 Å². The first-order valence-corrected chi connectivity index (χ1v) is 7.85. The molecule has 3 rings (SSSR count). The molecule has 0 saturated heterocycles. The lowest BCUT2D eigenvalue weighted by Gasteiger charge is -2.37. The van der Waals surface area contributed by atoms with Crippen LogP contribution in [0.1, 0.15) is 81.0 Å². The first-order chi connectivity index (χ1) is 9.03. The molecule has 0 aliphatic heterocycles. The Labute approximate surface area is 117 Å². The summed E-state index contributed by atoms with van der Waals surface area (Å²) in [6.45, 7) is 9.43. The van der Waals surface area contributed by atoms with Gasteiger partial charge in [-0.3, -0.25) is 0 Å². The Balaban J connectivity index is 2.13. The van der Waals surface area contributed by atoms with E-state index in [1.165, 1.54) is 48.8 Å². The van der Waals surface area contributed by atoms with Crippen LogP contribution >= 0.6 is 0 Å². The largest absolute Gasteiger partial charge is 0.0655 e. The highest BCUT2D eigenvalue weighted by molar-refractivity contribution is 5.71. The van der Waals surface area contributed by atoms with Crippen LogP contribution in [0.15, 0.2) is 17.7 Å². The van der Waals surface area contributed by atoms with Gasteiger partial charge in [-0.15, -0.1) is 0 Å². The fourth-order valence-electron chi connectivity index (χ4n) is 4.11. The summed E-state index contributed by atoms with van der Waals surface area (Å²) in [4.78, 5) is 0. The molecule has 1 atom stereocenters. The molecular formula is C19H26. The van der Waals surface area contributed by atoms with Gasteiger partial charge in [0.15, 0.2) is 0 Å². The van der Waals surface area contributed by atoms with E-state index in [1.807, 2.05) is 0 Å². The third-order valence-corrected chi connectivity index (χ3v) is 5.60. The summed E-state index contributed by atoms with van der Waals surface area (Å²) in [6.07, 6.45) is 9.39. The summed E-state index contributed by atoms with van der Waals surface area (Å²) in [7, 11) is 0. The Hall–Kier alpha value is -1.04. The molecule has 0 spiro atoms. The molecule has 0 heterocycles. The Kier molecular flexibility index (Phi) is 3.08. The standard InChI is InChI=1S/C19H26/c1-13-8-9-17(19(4)10-6-5-7-11-19)18-15(3)14(2)12-16(13)18/h8-9,12,15H,5-7,10-11H2,1-4H3. The molecule has 2 aliphatic carbocycles. The topological polar surface area (TPSA) is 0 Å². The van der Waals surface area contributed by atoms with Crippen molar-refractivity contribution in [3.63, 3.8) is 0 Å². The van der Waals surface area contributed by atoms with E-state index in [2.05, 4.69) is 45.9 Å². The van der Waals surface area contributed by atoms with Gasteiger partial charge >= 0.3 is 0 Å². The lowest BCUT2D eigenvalue weighted by molar-refractivity contribution is 0.317. The molecule has 0 bridgehead atoms. The molecule has 0 radical (unpaired) electrons. The van der Waals surface area contributed by atoms with Gasteiger partial charge in [-0.25, -0.2) is 0 Å². The quantitative estimate of drug-likeness (QED) is 0.599. The third-order valence-electron chi connectivity index (χ3n) is 5.60. The zero-order valence-electron chi connectivity index (χ0n) is 12.8. The van der Waals surface area contributed by atoms with Crippen LogP contribution in [0, 0.1) is 6.92 Å². The number of benzene rings is 1. The smallest absolute Gasteiger partial charge is 0.00293 e. The number of fused-ring (bicyclic) bond motifs is 1. The Morgan fingerprint density at radius 2 is 1.74 bits per heavy atom. The predicted octanol–water partition coefficient (Wildman–Crippen LogP) is 5.74. The number of hydrogen-bond acceptors (Lipinski definition) is 0. The molecule has 1 fully saturated rings. The van der Waals surface area contributed by atoms with Gasteiger partial charge in [-0.1, -0.05) is 56.9 Å². The monoisotopic (exact) mass is 254 g/mol. The van der Waals surface area contributed by atoms with Gasteiger partial charge in [0, 0.05) is 5.92 Å². The van der Waals surface area contributed by atoms with E-state index in [4.69, 9.17) is 0 Å². The van der Waals surface area contributed by atoms with E-state index in [1.54, 1.807) is 11.1 Å². The average molecular weight is 254 g/mol. The third kappa shape index (κ3) is 1.96. The molecule has 0 aromatic heterocycles. The fourth-order valence-corrected chi connectivity index (χ4v) is 4.11. The highest BCUT2D eigenvalue weighted by Crippen LogP contribution is 2.47. The summed E-state index contributed by atoms with van der Waals surface area (Å²) < 4.78 is 0. The van der Waals surface area contributed by atoms with Gasteiger partial charge in [-0.2, -0.15) is 0 Å². The van der Waals surface area contributed by atoms with Crippen molar-refractivity contribution in [2.45, 2.75) is 71.1 Å². The van der Waals surface area contributed by atoms with Crippen molar-refractivity contribution in [2.75, 3.05) is 0 Å². The minimum atomic E-state index is 0.419. The van der Waals surface area contributed by atoms with Crippen LogP contribution in [0.3, 0.4) is 0 Å². The minimum absolute atomic E-state index is 0.419.